The van der Waals surface area contributed by atoms with Crippen LogP contribution < -0.4 is 14.8 Å². The predicted molar refractivity (Wildman–Crippen MR) is 127 cm³/mol. The van der Waals surface area contributed by atoms with E-state index in [0.717, 1.165) is 32.1 Å². The lowest BCUT2D eigenvalue weighted by Crippen LogP contribution is -2.41. The molecule has 3 aromatic rings. The first kappa shape index (κ1) is 23.3. The second kappa shape index (κ2) is 9.67. The van der Waals surface area contributed by atoms with E-state index in [2.05, 4.69) is 15.5 Å². The number of hydrogen-bond acceptors (Lipinski definition) is 8. The lowest BCUT2D eigenvalue weighted by molar-refractivity contribution is 0.102. The number of ether oxygens (including phenoxy) is 2. The third-order valence-corrected chi connectivity index (χ3v) is 8.32. The number of hydrogen-bond donors (Lipinski definition) is 1. The van der Waals surface area contributed by atoms with Crippen molar-refractivity contribution in [2.24, 2.45) is 0 Å². The molecular weight excluding hydrogens is 472 g/mol. The summed E-state index contributed by atoms with van der Waals surface area (Å²) in [4.78, 5) is 12.8. The maximum absolute atomic E-state index is 13.2. The van der Waals surface area contributed by atoms with Crippen molar-refractivity contribution < 1.29 is 27.1 Å². The number of carbonyl (C=O) groups excluding carboxylic acids is 1. The van der Waals surface area contributed by atoms with E-state index in [0.29, 0.717) is 23.6 Å². The van der Waals surface area contributed by atoms with E-state index in [9.17, 15) is 13.2 Å². The summed E-state index contributed by atoms with van der Waals surface area (Å²) >= 11 is 0. The zero-order chi connectivity index (χ0) is 24.4. The minimum Gasteiger partial charge on any atom is -0.454 e. The zero-order valence-electron chi connectivity index (χ0n) is 19.3. The van der Waals surface area contributed by atoms with Crippen LogP contribution in [0.2, 0.25) is 0 Å². The molecule has 0 saturated heterocycles. The van der Waals surface area contributed by atoms with Gasteiger partial charge in [0.05, 0.1) is 4.90 Å². The largest absolute Gasteiger partial charge is 0.454 e. The molecule has 184 valence electrons. The normalized spacial score (nSPS) is 15.9. The number of nitrogens with one attached hydrogen (secondary N) is 1. The maximum atomic E-state index is 13.2. The number of nitrogens with zero attached hydrogens (tertiary/aromatic N) is 3. The molecule has 10 nitrogen and oxygen atoms in total. The summed E-state index contributed by atoms with van der Waals surface area (Å²) in [6.45, 7) is 2.43. The molecule has 1 saturated carbocycles. The highest BCUT2D eigenvalue weighted by Gasteiger charge is 2.31. The molecule has 0 unspecified atom stereocenters. The highest BCUT2D eigenvalue weighted by Crippen LogP contribution is 2.35. The molecule has 11 heteroatoms. The fraction of sp³-hybridized carbons (Fsp3) is 0.375. The van der Waals surface area contributed by atoms with Crippen molar-refractivity contribution in [3.8, 4) is 23.0 Å². The standard InChI is InChI=1S/C24H26N4O6S/c1-2-28(18-6-4-3-5-7-18)35(30,31)19-11-8-16(9-12-19)22(29)25-24-27-26-23(34-24)17-10-13-20-21(14-17)33-15-32-20/h8-14,18H,2-7,15H2,1H3,(H,25,27,29). The van der Waals surface area contributed by atoms with Gasteiger partial charge in [-0.25, -0.2) is 8.42 Å². The van der Waals surface area contributed by atoms with Crippen molar-refractivity contribution in [3.63, 3.8) is 0 Å². The zero-order valence-corrected chi connectivity index (χ0v) is 20.1. The summed E-state index contributed by atoms with van der Waals surface area (Å²) in [6, 6.07) is 11.0. The first-order valence-electron chi connectivity index (χ1n) is 11.6. The van der Waals surface area contributed by atoms with Gasteiger partial charge in [-0.3, -0.25) is 10.1 Å². The number of amides is 1. The van der Waals surface area contributed by atoms with Gasteiger partial charge in [0.15, 0.2) is 11.5 Å². The smallest absolute Gasteiger partial charge is 0.322 e. The molecule has 35 heavy (non-hydrogen) atoms. The highest BCUT2D eigenvalue weighted by molar-refractivity contribution is 7.89. The van der Waals surface area contributed by atoms with E-state index in [1.807, 2.05) is 6.92 Å². The van der Waals surface area contributed by atoms with Crippen molar-refractivity contribution in [2.45, 2.75) is 50.0 Å². The van der Waals surface area contributed by atoms with Crippen LogP contribution in [0.15, 0.2) is 51.8 Å². The van der Waals surface area contributed by atoms with Gasteiger partial charge in [0.2, 0.25) is 22.7 Å². The van der Waals surface area contributed by atoms with Crippen LogP contribution in [0.4, 0.5) is 6.01 Å². The number of benzene rings is 2. The minimum absolute atomic E-state index is 0.0261. The first-order chi connectivity index (χ1) is 17.0. The minimum atomic E-state index is -3.64. The average molecular weight is 499 g/mol. The molecule has 2 heterocycles. The lowest BCUT2D eigenvalue weighted by Gasteiger charge is -2.32. The molecule has 0 spiro atoms. The Morgan fingerprint density at radius 2 is 1.77 bits per heavy atom. The molecule has 2 aromatic carbocycles. The molecule has 1 aromatic heterocycles. The molecule has 1 amide bonds. The van der Waals surface area contributed by atoms with Crippen LogP contribution in [-0.4, -0.2) is 48.2 Å². The second-order valence-corrected chi connectivity index (χ2v) is 10.3. The van der Waals surface area contributed by atoms with Crippen LogP contribution in [0.1, 0.15) is 49.4 Å². The summed E-state index contributed by atoms with van der Waals surface area (Å²) in [6.07, 6.45) is 5.00. The van der Waals surface area contributed by atoms with Gasteiger partial charge in [-0.15, -0.1) is 5.10 Å². The van der Waals surface area contributed by atoms with E-state index in [4.69, 9.17) is 13.9 Å². The Hall–Kier alpha value is -3.44. The first-order valence-corrected chi connectivity index (χ1v) is 13.1. The Morgan fingerprint density at radius 3 is 2.51 bits per heavy atom. The SMILES string of the molecule is CCN(C1CCCCC1)S(=O)(=O)c1ccc(C(=O)Nc2nnc(-c3ccc4c(c3)OCO4)o2)cc1. The summed E-state index contributed by atoms with van der Waals surface area (Å²) in [5.74, 6) is 0.927. The summed E-state index contributed by atoms with van der Waals surface area (Å²) < 4.78 is 44.2. The summed E-state index contributed by atoms with van der Waals surface area (Å²) in [5.41, 5.74) is 0.891. The van der Waals surface area contributed by atoms with Gasteiger partial charge in [0.1, 0.15) is 0 Å². The fourth-order valence-electron chi connectivity index (χ4n) is 4.50. The van der Waals surface area contributed by atoms with Crippen LogP contribution in [0.3, 0.4) is 0 Å². The van der Waals surface area contributed by atoms with Crippen LogP contribution in [-0.2, 0) is 10.0 Å². The Balaban J connectivity index is 1.27. The summed E-state index contributed by atoms with van der Waals surface area (Å²) in [5, 5.41) is 10.4. The van der Waals surface area contributed by atoms with Gasteiger partial charge in [0.25, 0.3) is 5.91 Å². The van der Waals surface area contributed by atoms with Crippen molar-refractivity contribution >= 4 is 21.9 Å². The molecular formula is C24H26N4O6S. The predicted octanol–water partition coefficient (Wildman–Crippen LogP) is 4.06. The van der Waals surface area contributed by atoms with E-state index in [-0.39, 0.29) is 35.2 Å². The third-order valence-electron chi connectivity index (χ3n) is 6.28. The molecule has 5 rings (SSSR count). The van der Waals surface area contributed by atoms with Crippen molar-refractivity contribution in [1.29, 1.82) is 0 Å². The van der Waals surface area contributed by atoms with Gasteiger partial charge in [-0.2, -0.15) is 4.31 Å². The maximum Gasteiger partial charge on any atom is 0.322 e. The Labute approximate surface area is 203 Å². The van der Waals surface area contributed by atoms with Crippen LogP contribution >= 0.6 is 0 Å². The van der Waals surface area contributed by atoms with Gasteiger partial charge >= 0.3 is 6.01 Å². The molecule has 0 radical (unpaired) electrons. The van der Waals surface area contributed by atoms with Gasteiger partial charge in [-0.05, 0) is 55.3 Å². The van der Waals surface area contributed by atoms with E-state index >= 15 is 0 Å². The molecule has 0 atom stereocenters. The topological polar surface area (TPSA) is 124 Å². The number of aromatic nitrogens is 2. The average Bonchev–Trinajstić information content (AvgIpc) is 3.54. The number of anilines is 1. The van der Waals surface area contributed by atoms with Gasteiger partial charge in [-0.1, -0.05) is 31.3 Å². The highest BCUT2D eigenvalue weighted by atomic mass is 32.2. The van der Waals surface area contributed by atoms with Crippen molar-refractivity contribution in [1.82, 2.24) is 14.5 Å². The Morgan fingerprint density at radius 1 is 1.03 bits per heavy atom. The number of sulfonamides is 1. The van der Waals surface area contributed by atoms with E-state index < -0.39 is 15.9 Å². The quantitative estimate of drug-likeness (QED) is 0.517. The van der Waals surface area contributed by atoms with Crippen LogP contribution in [0.25, 0.3) is 11.5 Å². The Bertz CT molecular complexity index is 1320. The second-order valence-electron chi connectivity index (χ2n) is 8.46. The fourth-order valence-corrected chi connectivity index (χ4v) is 6.19. The molecule has 1 aliphatic carbocycles. The van der Waals surface area contributed by atoms with E-state index in [1.165, 1.54) is 24.3 Å². The third kappa shape index (κ3) is 4.73. The molecule has 1 N–H and O–H groups in total. The summed E-state index contributed by atoms with van der Waals surface area (Å²) in [7, 11) is -3.64. The molecule has 0 bridgehead atoms. The van der Waals surface area contributed by atoms with Gasteiger partial charge < -0.3 is 13.9 Å². The van der Waals surface area contributed by atoms with Crippen molar-refractivity contribution in [2.75, 3.05) is 18.7 Å². The number of rotatable bonds is 7. The molecule has 1 fully saturated rings. The van der Waals surface area contributed by atoms with Crippen LogP contribution in [0.5, 0.6) is 11.5 Å². The molecule has 2 aliphatic rings. The monoisotopic (exact) mass is 498 g/mol. The van der Waals surface area contributed by atoms with Crippen LogP contribution in [0, 0.1) is 0 Å². The van der Waals surface area contributed by atoms with E-state index in [1.54, 1.807) is 22.5 Å². The number of carbonyl (C=O) groups is 1. The lowest BCUT2D eigenvalue weighted by atomic mass is 9.95. The Kier molecular flexibility index (Phi) is 6.44. The van der Waals surface area contributed by atoms with Gasteiger partial charge in [0, 0.05) is 23.7 Å². The van der Waals surface area contributed by atoms with Crippen molar-refractivity contribution in [3.05, 3.63) is 48.0 Å². The molecule has 1 aliphatic heterocycles. The number of fused-ring (bicyclic) bond motifs is 1.